The molecule has 2 aromatic rings. The summed E-state index contributed by atoms with van der Waals surface area (Å²) in [5.74, 6) is -0.166. The van der Waals surface area contributed by atoms with E-state index < -0.39 is 11.7 Å². The fourth-order valence-electron chi connectivity index (χ4n) is 1.90. The molecule has 0 fully saturated rings. The van der Waals surface area contributed by atoms with Crippen LogP contribution in [0, 0.1) is 0 Å². The maximum absolute atomic E-state index is 12.7. The van der Waals surface area contributed by atoms with Gasteiger partial charge in [0.25, 0.3) is 0 Å². The number of benzene rings is 1. The Morgan fingerprint density at radius 1 is 1.30 bits per heavy atom. The van der Waals surface area contributed by atoms with Gasteiger partial charge in [-0.2, -0.15) is 13.2 Å². The summed E-state index contributed by atoms with van der Waals surface area (Å²) in [6.45, 7) is 1.18. The lowest BCUT2D eigenvalue weighted by Gasteiger charge is -2.07. The lowest BCUT2D eigenvalue weighted by Crippen LogP contribution is -2.31. The zero-order chi connectivity index (χ0) is 16.9. The van der Waals surface area contributed by atoms with Crippen molar-refractivity contribution in [2.75, 3.05) is 20.1 Å². The number of aromatic nitrogens is 1. The van der Waals surface area contributed by atoms with Crippen molar-refractivity contribution >= 4 is 17.2 Å². The topological polar surface area (TPSA) is 54.0 Å². The van der Waals surface area contributed by atoms with Crippen molar-refractivity contribution in [3.63, 3.8) is 0 Å². The van der Waals surface area contributed by atoms with E-state index in [2.05, 4.69) is 15.6 Å². The minimum absolute atomic E-state index is 0.110. The lowest BCUT2D eigenvalue weighted by molar-refractivity contribution is -0.137. The Morgan fingerprint density at radius 2 is 2.09 bits per heavy atom. The minimum atomic E-state index is -4.39. The van der Waals surface area contributed by atoms with Crippen molar-refractivity contribution in [1.82, 2.24) is 15.6 Å². The Hall–Kier alpha value is -1.93. The van der Waals surface area contributed by atoms with E-state index in [4.69, 9.17) is 0 Å². The molecule has 1 amide bonds. The van der Waals surface area contributed by atoms with Crippen LogP contribution in [0.4, 0.5) is 13.2 Å². The average Bonchev–Trinajstić information content (AvgIpc) is 2.95. The molecule has 0 saturated heterocycles. The molecule has 1 heterocycles. The molecule has 1 aromatic carbocycles. The number of hydrogen-bond donors (Lipinski definition) is 2. The zero-order valence-corrected chi connectivity index (χ0v) is 13.2. The smallest absolute Gasteiger partial charge is 0.354 e. The predicted octanol–water partition coefficient (Wildman–Crippen LogP) is 2.71. The SMILES string of the molecule is CNCCNC(=O)Cc1csc(-c2cccc(C(F)(F)F)c2)n1. The van der Waals surface area contributed by atoms with Crippen LogP contribution >= 0.6 is 11.3 Å². The molecule has 124 valence electrons. The molecule has 0 atom stereocenters. The fourth-order valence-corrected chi connectivity index (χ4v) is 2.72. The Morgan fingerprint density at radius 3 is 2.78 bits per heavy atom. The Labute approximate surface area is 135 Å². The van der Waals surface area contributed by atoms with Gasteiger partial charge in [-0.25, -0.2) is 4.98 Å². The molecule has 0 bridgehead atoms. The summed E-state index contributed by atoms with van der Waals surface area (Å²) in [5.41, 5.74) is 0.229. The van der Waals surface area contributed by atoms with Crippen molar-refractivity contribution < 1.29 is 18.0 Å². The summed E-state index contributed by atoms with van der Waals surface area (Å²) in [6.07, 6.45) is -4.28. The first kappa shape index (κ1) is 17.4. The van der Waals surface area contributed by atoms with E-state index in [9.17, 15) is 18.0 Å². The van der Waals surface area contributed by atoms with Crippen LogP contribution in [0.5, 0.6) is 0 Å². The van der Waals surface area contributed by atoms with Crippen molar-refractivity contribution in [3.8, 4) is 10.6 Å². The van der Waals surface area contributed by atoms with Gasteiger partial charge in [0.1, 0.15) is 5.01 Å². The molecule has 0 aliphatic carbocycles. The Kier molecular flexibility index (Phi) is 5.73. The van der Waals surface area contributed by atoms with Crippen LogP contribution in [-0.2, 0) is 17.4 Å². The fraction of sp³-hybridized carbons (Fsp3) is 0.333. The van der Waals surface area contributed by atoms with E-state index in [0.717, 1.165) is 12.1 Å². The first-order chi connectivity index (χ1) is 10.9. The van der Waals surface area contributed by atoms with E-state index in [0.29, 0.717) is 29.4 Å². The molecular weight excluding hydrogens is 327 g/mol. The van der Waals surface area contributed by atoms with E-state index in [1.165, 1.54) is 17.4 Å². The van der Waals surface area contributed by atoms with Crippen molar-refractivity contribution in [3.05, 3.63) is 40.9 Å². The molecule has 8 heteroatoms. The van der Waals surface area contributed by atoms with Crippen LogP contribution < -0.4 is 10.6 Å². The van der Waals surface area contributed by atoms with E-state index in [1.807, 2.05) is 0 Å². The summed E-state index contributed by atoms with van der Waals surface area (Å²) in [5, 5.41) is 7.79. The molecular formula is C15H16F3N3OS. The Bertz CT molecular complexity index is 670. The summed E-state index contributed by atoms with van der Waals surface area (Å²) < 4.78 is 38.2. The normalized spacial score (nSPS) is 11.5. The van der Waals surface area contributed by atoms with Gasteiger partial charge in [0.15, 0.2) is 0 Å². The number of hydrogen-bond acceptors (Lipinski definition) is 4. The van der Waals surface area contributed by atoms with Crippen LogP contribution in [0.2, 0.25) is 0 Å². The third-order valence-electron chi connectivity index (χ3n) is 3.03. The maximum Gasteiger partial charge on any atom is 0.416 e. The summed E-state index contributed by atoms with van der Waals surface area (Å²) in [7, 11) is 1.79. The van der Waals surface area contributed by atoms with E-state index in [1.54, 1.807) is 18.5 Å². The third kappa shape index (κ3) is 5.04. The zero-order valence-electron chi connectivity index (χ0n) is 12.4. The number of amides is 1. The van der Waals surface area contributed by atoms with Crippen LogP contribution in [0.1, 0.15) is 11.3 Å². The molecule has 2 rings (SSSR count). The van der Waals surface area contributed by atoms with E-state index in [-0.39, 0.29) is 12.3 Å². The van der Waals surface area contributed by atoms with Gasteiger partial charge < -0.3 is 10.6 Å². The van der Waals surface area contributed by atoms with Crippen molar-refractivity contribution in [2.24, 2.45) is 0 Å². The highest BCUT2D eigenvalue weighted by Gasteiger charge is 2.30. The molecule has 23 heavy (non-hydrogen) atoms. The van der Waals surface area contributed by atoms with Gasteiger partial charge in [-0.05, 0) is 19.2 Å². The monoisotopic (exact) mass is 343 g/mol. The molecule has 1 aromatic heterocycles. The first-order valence-electron chi connectivity index (χ1n) is 6.93. The van der Waals surface area contributed by atoms with Gasteiger partial charge in [0, 0.05) is 24.0 Å². The number of alkyl halides is 3. The summed E-state index contributed by atoms with van der Waals surface area (Å²) in [6, 6.07) is 5.01. The van der Waals surface area contributed by atoms with Gasteiger partial charge in [0.2, 0.25) is 5.91 Å². The second-order valence-electron chi connectivity index (χ2n) is 4.85. The maximum atomic E-state index is 12.7. The number of thiazole rings is 1. The number of nitrogens with zero attached hydrogens (tertiary/aromatic N) is 1. The molecule has 0 aliphatic heterocycles. The Balaban J connectivity index is 2.06. The molecule has 0 saturated carbocycles. The quantitative estimate of drug-likeness (QED) is 0.793. The number of likely N-dealkylation sites (N-methyl/N-ethyl adjacent to an activating group) is 1. The number of rotatable bonds is 6. The van der Waals surface area contributed by atoms with Gasteiger partial charge in [-0.3, -0.25) is 4.79 Å². The summed E-state index contributed by atoms with van der Waals surface area (Å²) in [4.78, 5) is 15.9. The third-order valence-corrected chi connectivity index (χ3v) is 3.97. The molecule has 4 nitrogen and oxygen atoms in total. The van der Waals surface area contributed by atoms with Crippen LogP contribution in [-0.4, -0.2) is 31.0 Å². The van der Waals surface area contributed by atoms with E-state index >= 15 is 0 Å². The highest BCUT2D eigenvalue weighted by Crippen LogP contribution is 2.33. The molecule has 0 aliphatic rings. The highest BCUT2D eigenvalue weighted by atomic mass is 32.1. The number of halogens is 3. The van der Waals surface area contributed by atoms with Crippen LogP contribution in [0.3, 0.4) is 0 Å². The van der Waals surface area contributed by atoms with Gasteiger partial charge >= 0.3 is 6.18 Å². The van der Waals surface area contributed by atoms with Crippen molar-refractivity contribution in [1.29, 1.82) is 0 Å². The van der Waals surface area contributed by atoms with Crippen LogP contribution in [0.15, 0.2) is 29.6 Å². The van der Waals surface area contributed by atoms with Gasteiger partial charge in [0.05, 0.1) is 17.7 Å². The highest BCUT2D eigenvalue weighted by molar-refractivity contribution is 7.13. The molecule has 0 radical (unpaired) electrons. The molecule has 0 unspecified atom stereocenters. The van der Waals surface area contributed by atoms with Gasteiger partial charge in [-0.1, -0.05) is 12.1 Å². The summed E-state index contributed by atoms with van der Waals surface area (Å²) >= 11 is 1.22. The van der Waals surface area contributed by atoms with Crippen molar-refractivity contribution in [2.45, 2.75) is 12.6 Å². The average molecular weight is 343 g/mol. The minimum Gasteiger partial charge on any atom is -0.354 e. The van der Waals surface area contributed by atoms with Gasteiger partial charge in [-0.15, -0.1) is 11.3 Å². The molecule has 0 spiro atoms. The predicted molar refractivity (Wildman–Crippen MR) is 83.2 cm³/mol. The second kappa shape index (κ2) is 7.56. The lowest BCUT2D eigenvalue weighted by atomic mass is 10.1. The standard InChI is InChI=1S/C15H16F3N3OS/c1-19-5-6-20-13(22)8-12-9-23-14(21-12)10-3-2-4-11(7-10)15(16,17)18/h2-4,7,9,19H,5-6,8H2,1H3,(H,20,22). The second-order valence-corrected chi connectivity index (χ2v) is 5.71. The number of carbonyl (C=O) groups excluding carboxylic acids is 1. The first-order valence-corrected chi connectivity index (χ1v) is 7.81. The number of carbonyl (C=O) groups is 1. The van der Waals surface area contributed by atoms with Crippen LogP contribution in [0.25, 0.3) is 10.6 Å². The molecule has 2 N–H and O–H groups in total. The largest absolute Gasteiger partial charge is 0.416 e. The number of nitrogens with one attached hydrogen (secondary N) is 2.